The molecule has 0 radical (unpaired) electrons. The minimum atomic E-state index is -0.507. The Morgan fingerprint density at radius 3 is 2.89 bits per heavy atom. The standard InChI is InChI=1S/C18H23ClN6O2/c1-18(2,3)27-17(26)25-10-4-5-12(11-25)22-16-20-8-7-14(23-16)13-6-9-21-24-15(13)19/h6-9,12H,4-5,10-11H2,1-3H3,(H,20,22,23). The third kappa shape index (κ3) is 5.26. The van der Waals surface area contributed by atoms with Crippen molar-refractivity contribution in [1.82, 2.24) is 25.1 Å². The normalized spacial score (nSPS) is 17.5. The second-order valence-electron chi connectivity index (χ2n) is 7.41. The van der Waals surface area contributed by atoms with Crippen molar-refractivity contribution in [3.63, 3.8) is 0 Å². The van der Waals surface area contributed by atoms with Crippen LogP contribution in [0, 0.1) is 0 Å². The molecule has 3 heterocycles. The summed E-state index contributed by atoms with van der Waals surface area (Å²) in [4.78, 5) is 22.8. The van der Waals surface area contributed by atoms with Gasteiger partial charge in [0.05, 0.1) is 11.9 Å². The Hall–Kier alpha value is -2.48. The average Bonchev–Trinajstić information content (AvgIpc) is 2.61. The Bertz CT molecular complexity index is 810. The number of aromatic nitrogens is 4. The number of hydrogen-bond donors (Lipinski definition) is 1. The van der Waals surface area contributed by atoms with Gasteiger partial charge in [-0.25, -0.2) is 14.8 Å². The average molecular weight is 391 g/mol. The lowest BCUT2D eigenvalue weighted by molar-refractivity contribution is 0.0206. The van der Waals surface area contributed by atoms with E-state index in [-0.39, 0.29) is 17.3 Å². The van der Waals surface area contributed by atoms with E-state index >= 15 is 0 Å². The molecule has 0 saturated carbocycles. The molecule has 1 aliphatic rings. The molecule has 1 fully saturated rings. The first kappa shape index (κ1) is 19.3. The van der Waals surface area contributed by atoms with Crippen LogP contribution in [0.2, 0.25) is 5.15 Å². The van der Waals surface area contributed by atoms with E-state index in [0.29, 0.717) is 30.3 Å². The molecule has 1 amide bonds. The van der Waals surface area contributed by atoms with Crippen LogP contribution in [0.4, 0.5) is 10.7 Å². The topological polar surface area (TPSA) is 93.1 Å². The number of carbonyl (C=O) groups excluding carboxylic acids is 1. The molecule has 3 rings (SSSR count). The number of nitrogens with one attached hydrogen (secondary N) is 1. The highest BCUT2D eigenvalue weighted by atomic mass is 35.5. The first-order valence-corrected chi connectivity index (χ1v) is 9.25. The van der Waals surface area contributed by atoms with Gasteiger partial charge in [0.1, 0.15) is 5.60 Å². The lowest BCUT2D eigenvalue weighted by atomic mass is 10.1. The van der Waals surface area contributed by atoms with Crippen LogP contribution < -0.4 is 5.32 Å². The number of ether oxygens (including phenoxy) is 1. The molecule has 1 saturated heterocycles. The van der Waals surface area contributed by atoms with E-state index < -0.39 is 5.60 Å². The maximum atomic E-state index is 12.3. The highest BCUT2D eigenvalue weighted by Crippen LogP contribution is 2.24. The third-order valence-electron chi connectivity index (χ3n) is 4.01. The summed E-state index contributed by atoms with van der Waals surface area (Å²) in [5.74, 6) is 0.483. The molecule has 8 nitrogen and oxygen atoms in total. The minimum absolute atomic E-state index is 0.0487. The number of halogens is 1. The molecular formula is C18H23ClN6O2. The fraction of sp³-hybridized carbons (Fsp3) is 0.500. The highest BCUT2D eigenvalue weighted by Gasteiger charge is 2.28. The van der Waals surface area contributed by atoms with Crippen LogP contribution in [0.1, 0.15) is 33.6 Å². The summed E-state index contributed by atoms with van der Waals surface area (Å²) in [5, 5.41) is 11.2. The number of amides is 1. The van der Waals surface area contributed by atoms with E-state index in [4.69, 9.17) is 16.3 Å². The van der Waals surface area contributed by atoms with Crippen LogP contribution in [0.5, 0.6) is 0 Å². The van der Waals surface area contributed by atoms with E-state index in [1.165, 1.54) is 0 Å². The fourth-order valence-corrected chi connectivity index (χ4v) is 3.06. The Balaban J connectivity index is 1.68. The van der Waals surface area contributed by atoms with Gasteiger partial charge in [-0.15, -0.1) is 5.10 Å². The molecule has 1 aliphatic heterocycles. The Morgan fingerprint density at radius 2 is 2.15 bits per heavy atom. The summed E-state index contributed by atoms with van der Waals surface area (Å²) < 4.78 is 5.47. The summed E-state index contributed by atoms with van der Waals surface area (Å²) in [6.45, 7) is 6.82. The lowest BCUT2D eigenvalue weighted by Gasteiger charge is -2.34. The molecule has 2 aromatic rings. The van der Waals surface area contributed by atoms with Gasteiger partial charge >= 0.3 is 6.09 Å². The van der Waals surface area contributed by atoms with E-state index in [0.717, 1.165) is 12.8 Å². The third-order valence-corrected chi connectivity index (χ3v) is 4.29. The first-order chi connectivity index (χ1) is 12.8. The molecule has 0 aliphatic carbocycles. The zero-order valence-electron chi connectivity index (χ0n) is 15.6. The largest absolute Gasteiger partial charge is 0.444 e. The number of hydrogen-bond acceptors (Lipinski definition) is 7. The van der Waals surface area contributed by atoms with Crippen molar-refractivity contribution in [1.29, 1.82) is 0 Å². The van der Waals surface area contributed by atoms with Crippen LogP contribution >= 0.6 is 11.6 Å². The first-order valence-electron chi connectivity index (χ1n) is 8.87. The lowest BCUT2D eigenvalue weighted by Crippen LogP contribution is -2.47. The molecule has 0 aromatic carbocycles. The quantitative estimate of drug-likeness (QED) is 0.858. The van der Waals surface area contributed by atoms with Gasteiger partial charge in [-0.05, 0) is 45.7 Å². The summed E-state index contributed by atoms with van der Waals surface area (Å²) in [6, 6.07) is 3.57. The van der Waals surface area contributed by atoms with Crippen LogP contribution in [-0.2, 0) is 4.74 Å². The Labute approximate surface area is 163 Å². The van der Waals surface area contributed by atoms with Crippen molar-refractivity contribution in [2.24, 2.45) is 0 Å². The number of piperidine rings is 1. The van der Waals surface area contributed by atoms with Crippen LogP contribution in [0.15, 0.2) is 24.5 Å². The molecule has 1 unspecified atom stereocenters. The number of likely N-dealkylation sites (tertiary alicyclic amines) is 1. The maximum absolute atomic E-state index is 12.3. The van der Waals surface area contributed by atoms with Crippen molar-refractivity contribution in [3.05, 3.63) is 29.7 Å². The van der Waals surface area contributed by atoms with E-state index in [1.54, 1.807) is 29.4 Å². The van der Waals surface area contributed by atoms with Crippen LogP contribution in [0.25, 0.3) is 11.3 Å². The van der Waals surface area contributed by atoms with Gasteiger partial charge in [0, 0.05) is 30.9 Å². The monoisotopic (exact) mass is 390 g/mol. The predicted molar refractivity (Wildman–Crippen MR) is 103 cm³/mol. The van der Waals surface area contributed by atoms with Gasteiger partial charge in [-0.2, -0.15) is 5.10 Å². The second-order valence-corrected chi connectivity index (χ2v) is 7.77. The summed E-state index contributed by atoms with van der Waals surface area (Å²) in [6.07, 6.45) is 4.74. The molecule has 1 N–H and O–H groups in total. The zero-order valence-corrected chi connectivity index (χ0v) is 16.4. The van der Waals surface area contributed by atoms with Crippen molar-refractivity contribution in [2.75, 3.05) is 18.4 Å². The van der Waals surface area contributed by atoms with Gasteiger partial charge in [0.15, 0.2) is 5.15 Å². The molecule has 144 valence electrons. The molecule has 0 spiro atoms. The SMILES string of the molecule is CC(C)(C)OC(=O)N1CCCC(Nc2nccc(-c3ccnnc3Cl)n2)C1. The minimum Gasteiger partial charge on any atom is -0.444 e. The molecule has 27 heavy (non-hydrogen) atoms. The van der Waals surface area contributed by atoms with E-state index in [1.807, 2.05) is 20.8 Å². The van der Waals surface area contributed by atoms with Gasteiger partial charge in [-0.3, -0.25) is 0 Å². The number of carbonyl (C=O) groups is 1. The predicted octanol–water partition coefficient (Wildman–Crippen LogP) is 3.40. The molecule has 2 aromatic heterocycles. The summed E-state index contributed by atoms with van der Waals surface area (Å²) in [7, 11) is 0. The highest BCUT2D eigenvalue weighted by molar-refractivity contribution is 6.31. The van der Waals surface area contributed by atoms with E-state index in [2.05, 4.69) is 25.5 Å². The summed E-state index contributed by atoms with van der Waals surface area (Å²) in [5.41, 5.74) is 0.843. The van der Waals surface area contributed by atoms with Crippen LogP contribution in [0.3, 0.4) is 0 Å². The van der Waals surface area contributed by atoms with Gasteiger partial charge in [-0.1, -0.05) is 11.6 Å². The molecular weight excluding hydrogens is 368 g/mol. The number of rotatable bonds is 3. The molecule has 1 atom stereocenters. The van der Waals surface area contributed by atoms with Crippen molar-refractivity contribution in [3.8, 4) is 11.3 Å². The van der Waals surface area contributed by atoms with Gasteiger partial charge in [0.25, 0.3) is 0 Å². The van der Waals surface area contributed by atoms with Crippen LogP contribution in [-0.4, -0.2) is 55.9 Å². The van der Waals surface area contributed by atoms with E-state index in [9.17, 15) is 4.79 Å². The van der Waals surface area contributed by atoms with Gasteiger partial charge < -0.3 is 15.0 Å². The molecule has 0 bridgehead atoms. The number of anilines is 1. The smallest absolute Gasteiger partial charge is 0.410 e. The second kappa shape index (κ2) is 8.04. The maximum Gasteiger partial charge on any atom is 0.410 e. The Kier molecular flexibility index (Phi) is 5.74. The van der Waals surface area contributed by atoms with Crippen molar-refractivity contribution in [2.45, 2.75) is 45.3 Å². The fourth-order valence-electron chi connectivity index (χ4n) is 2.85. The Morgan fingerprint density at radius 1 is 1.33 bits per heavy atom. The summed E-state index contributed by atoms with van der Waals surface area (Å²) >= 11 is 6.10. The van der Waals surface area contributed by atoms with Gasteiger partial charge in [0.2, 0.25) is 5.95 Å². The van der Waals surface area contributed by atoms with Crippen molar-refractivity contribution < 1.29 is 9.53 Å². The molecule has 9 heteroatoms. The zero-order chi connectivity index (χ0) is 19.4. The number of nitrogens with zero attached hydrogens (tertiary/aromatic N) is 5. The van der Waals surface area contributed by atoms with Crippen molar-refractivity contribution >= 4 is 23.6 Å².